The minimum atomic E-state index is -4.42. The molecule has 0 amide bonds. The molecule has 0 bridgehead atoms. The quantitative estimate of drug-likeness (QED) is 0.480. The molecule has 1 heterocycles. The van der Waals surface area contributed by atoms with Crippen molar-refractivity contribution in [3.63, 3.8) is 0 Å². The van der Waals surface area contributed by atoms with Crippen molar-refractivity contribution in [1.82, 2.24) is 9.89 Å². The van der Waals surface area contributed by atoms with Crippen LogP contribution in [0.25, 0.3) is 0 Å². The van der Waals surface area contributed by atoms with Crippen LogP contribution in [0.15, 0.2) is 12.4 Å². The van der Waals surface area contributed by atoms with Crippen LogP contribution in [0, 0.1) is 0 Å². The standard InChI is InChI=1S/C5H8N2.C2H6O4S/c1-2-7-4-3-6-5-7;1-2-6-7(3,4)5/h3-5H,2H2,1H3;2H2,1H3,(H,3,4,5)/q+1;/p-1. The molecule has 0 fully saturated rings. The first-order valence-corrected chi connectivity index (χ1v) is 5.39. The van der Waals surface area contributed by atoms with Gasteiger partial charge in [-0.25, -0.2) is 13.3 Å². The predicted molar refractivity (Wildman–Crippen MR) is 51.0 cm³/mol. The lowest BCUT2D eigenvalue weighted by atomic mass is 10.7. The van der Waals surface area contributed by atoms with E-state index in [0.29, 0.717) is 0 Å². The first kappa shape index (κ1) is 13.1. The normalized spacial score (nSPS) is 14.1. The Morgan fingerprint density at radius 3 is 2.29 bits per heavy atom. The molecule has 0 aliphatic carbocycles. The maximum atomic E-state index is 9.45. The summed E-state index contributed by atoms with van der Waals surface area (Å²) in [7, 11) is -4.42. The van der Waals surface area contributed by atoms with E-state index in [-0.39, 0.29) is 6.61 Å². The number of hydrogen-bond acceptors (Lipinski definition) is 6. The molecule has 0 spiro atoms. The molecule has 0 N–H and O–H groups in total. The summed E-state index contributed by atoms with van der Waals surface area (Å²) >= 11 is 0. The van der Waals surface area contributed by atoms with E-state index >= 15 is 0 Å². The van der Waals surface area contributed by atoms with E-state index < -0.39 is 10.4 Å². The van der Waals surface area contributed by atoms with Crippen LogP contribution in [0.1, 0.15) is 13.8 Å². The van der Waals surface area contributed by atoms with E-state index in [9.17, 15) is 13.0 Å². The van der Waals surface area contributed by atoms with Gasteiger partial charge in [0.1, 0.15) is 6.20 Å². The summed E-state index contributed by atoms with van der Waals surface area (Å²) in [6, 6.07) is 0. The second kappa shape index (κ2) is 6.52. The summed E-state index contributed by atoms with van der Waals surface area (Å²) in [4.78, 5) is 5.87. The Bertz CT molecular complexity index is 285. The summed E-state index contributed by atoms with van der Waals surface area (Å²) in [6.07, 6.45) is 5.53. The fraction of sp³-hybridized carbons (Fsp3) is 0.571. The Morgan fingerprint density at radius 2 is 2.14 bits per heavy atom. The van der Waals surface area contributed by atoms with Gasteiger partial charge >= 0.3 is 0 Å². The summed E-state index contributed by atoms with van der Waals surface area (Å²) in [5, 5.41) is 0. The number of aliphatic imine (C=N–C) groups is 1. The van der Waals surface area contributed by atoms with Crippen LogP contribution in [0.2, 0.25) is 0 Å². The monoisotopic (exact) mass is 221 g/mol. The van der Waals surface area contributed by atoms with Gasteiger partial charge in [0, 0.05) is 0 Å². The van der Waals surface area contributed by atoms with Crippen molar-refractivity contribution in [2.24, 2.45) is 0 Å². The third-order valence-electron chi connectivity index (χ3n) is 1.19. The van der Waals surface area contributed by atoms with Gasteiger partial charge in [0.05, 0.1) is 13.2 Å². The fourth-order valence-corrected chi connectivity index (χ4v) is 0.907. The van der Waals surface area contributed by atoms with Crippen LogP contribution >= 0.6 is 0 Å². The Balaban J connectivity index is 0.000000241. The molecule has 0 saturated carbocycles. The van der Waals surface area contributed by atoms with Crippen LogP contribution in [0.3, 0.4) is 0 Å². The van der Waals surface area contributed by atoms with E-state index in [2.05, 4.69) is 16.1 Å². The van der Waals surface area contributed by atoms with Crippen LogP contribution in [-0.2, 0) is 14.6 Å². The molecule has 7 heteroatoms. The zero-order valence-electron chi connectivity index (χ0n) is 8.08. The summed E-state index contributed by atoms with van der Waals surface area (Å²) < 4.78 is 32.0. The van der Waals surface area contributed by atoms with Gasteiger partial charge < -0.3 is 4.55 Å². The highest BCUT2D eigenvalue weighted by molar-refractivity contribution is 7.80. The van der Waals surface area contributed by atoms with Gasteiger partial charge in [-0.1, -0.05) is 4.99 Å². The minimum absolute atomic E-state index is 0.0914. The molecule has 6 nitrogen and oxygen atoms in total. The molecule has 1 radical (unpaired) electrons. The molecule has 81 valence electrons. The average Bonchev–Trinajstić information content (AvgIpc) is 2.54. The molecule has 0 aromatic heterocycles. The highest BCUT2D eigenvalue weighted by Crippen LogP contribution is 1.85. The molecule has 1 rings (SSSR count). The van der Waals surface area contributed by atoms with Crippen molar-refractivity contribution in [2.75, 3.05) is 13.2 Å². The Labute approximate surface area is 83.8 Å². The second-order valence-electron chi connectivity index (χ2n) is 2.21. The van der Waals surface area contributed by atoms with Gasteiger partial charge in [-0.05, 0) is 13.8 Å². The molecule has 0 atom stereocenters. The van der Waals surface area contributed by atoms with E-state index in [1.165, 1.54) is 6.92 Å². The van der Waals surface area contributed by atoms with Crippen molar-refractivity contribution >= 4 is 16.7 Å². The van der Waals surface area contributed by atoms with Crippen LogP contribution in [-0.4, -0.2) is 37.4 Å². The van der Waals surface area contributed by atoms with Crippen LogP contribution in [0.5, 0.6) is 0 Å². The Kier molecular flexibility index (Phi) is 6.09. The van der Waals surface area contributed by atoms with Crippen molar-refractivity contribution in [3.05, 3.63) is 12.4 Å². The molecule has 14 heavy (non-hydrogen) atoms. The zero-order valence-corrected chi connectivity index (χ0v) is 8.90. The van der Waals surface area contributed by atoms with Gasteiger partial charge in [0.2, 0.25) is 10.4 Å². The lowest BCUT2D eigenvalue weighted by Gasteiger charge is -2.02. The number of rotatable bonds is 3. The van der Waals surface area contributed by atoms with E-state index in [0.717, 1.165) is 6.54 Å². The largest absolute Gasteiger partial charge is 0.726 e. The molecule has 0 unspecified atom stereocenters. The maximum Gasteiger partial charge on any atom is 0.286 e. The minimum Gasteiger partial charge on any atom is -0.726 e. The summed E-state index contributed by atoms with van der Waals surface area (Å²) in [5.74, 6) is 0. The first-order valence-electron chi connectivity index (χ1n) is 4.05. The van der Waals surface area contributed by atoms with Crippen molar-refractivity contribution in [1.29, 1.82) is 0 Å². The third kappa shape index (κ3) is 7.71. The smallest absolute Gasteiger partial charge is 0.286 e. The Morgan fingerprint density at radius 1 is 1.50 bits per heavy atom. The molecule has 0 saturated heterocycles. The molecule has 0 aromatic rings. The van der Waals surface area contributed by atoms with Gasteiger partial charge in [0.15, 0.2) is 6.20 Å². The molecular weight excluding hydrogens is 208 g/mol. The van der Waals surface area contributed by atoms with Crippen LogP contribution < -0.4 is 4.99 Å². The van der Waals surface area contributed by atoms with Gasteiger partial charge in [-0.3, -0.25) is 4.18 Å². The lowest BCUT2D eigenvalue weighted by molar-refractivity contribution is 0.275. The van der Waals surface area contributed by atoms with E-state index in [4.69, 9.17) is 0 Å². The maximum absolute atomic E-state index is 9.45. The lowest BCUT2D eigenvalue weighted by Crippen LogP contribution is -2.10. The highest BCUT2D eigenvalue weighted by Gasteiger charge is 2.02. The molecule has 1 aliphatic rings. The van der Waals surface area contributed by atoms with Gasteiger partial charge in [-0.15, -0.1) is 0 Å². The molecule has 0 aromatic carbocycles. The van der Waals surface area contributed by atoms with E-state index in [1.807, 2.05) is 11.1 Å². The summed E-state index contributed by atoms with van der Waals surface area (Å²) in [5.41, 5.74) is 0. The Hall–Kier alpha value is -0.920. The van der Waals surface area contributed by atoms with Crippen molar-refractivity contribution < 1.29 is 17.2 Å². The second-order valence-corrected chi connectivity index (χ2v) is 3.26. The SMILES string of the molecule is CCN1C=C[N+]=C1.CCOS(=O)(=O)[O-]. The summed E-state index contributed by atoms with van der Waals surface area (Å²) in [6.45, 7) is 4.43. The number of nitrogens with zero attached hydrogens (tertiary/aromatic N) is 2. The predicted octanol–water partition coefficient (Wildman–Crippen LogP) is -0.360. The first-order chi connectivity index (χ1) is 6.49. The highest BCUT2D eigenvalue weighted by atomic mass is 32.3. The van der Waals surface area contributed by atoms with E-state index in [1.54, 1.807) is 12.5 Å². The van der Waals surface area contributed by atoms with Gasteiger partial charge in [-0.2, -0.15) is 0 Å². The van der Waals surface area contributed by atoms with Crippen LogP contribution in [0.4, 0.5) is 0 Å². The van der Waals surface area contributed by atoms with Gasteiger partial charge in [0.25, 0.3) is 6.34 Å². The van der Waals surface area contributed by atoms with Crippen molar-refractivity contribution in [2.45, 2.75) is 13.8 Å². The molecular formula is C7H13N2O4S. The third-order valence-corrected chi connectivity index (χ3v) is 1.71. The zero-order chi connectivity index (χ0) is 11.0. The fourth-order valence-electron chi connectivity index (χ4n) is 0.618. The van der Waals surface area contributed by atoms with Crippen molar-refractivity contribution in [3.8, 4) is 0 Å². The molecule has 1 aliphatic heterocycles. The average molecular weight is 221 g/mol. The topological polar surface area (TPSA) is 83.8 Å². The number of hydrogen-bond donors (Lipinski definition) is 0.